The molecular weight excluding hydrogens is 277 g/mol. The summed E-state index contributed by atoms with van der Waals surface area (Å²) in [5.41, 5.74) is 0.573. The minimum atomic E-state index is -4.33. The van der Waals surface area contributed by atoms with E-state index < -0.39 is 11.7 Å². The van der Waals surface area contributed by atoms with Crippen molar-refractivity contribution in [3.63, 3.8) is 0 Å². The van der Waals surface area contributed by atoms with Crippen LogP contribution in [0.25, 0.3) is 5.69 Å². The summed E-state index contributed by atoms with van der Waals surface area (Å²) in [6, 6.07) is 4.67. The fraction of sp³-hybridized carbons (Fsp3) is 0.308. The minimum absolute atomic E-state index is 0.393. The average Bonchev–Trinajstić information content (AvgIpc) is 2.72. The normalized spacial score (nSPS) is 10.9. The minimum Gasteiger partial charge on any atom is -0.222 e. The highest BCUT2D eigenvalue weighted by atomic mass is 35.5. The molecule has 0 bridgehead atoms. The molecule has 19 heavy (non-hydrogen) atoms. The van der Waals surface area contributed by atoms with E-state index in [0.717, 1.165) is 17.7 Å². The Morgan fingerprint density at radius 2 is 1.63 bits per heavy atom. The predicted octanol–water partition coefficient (Wildman–Crippen LogP) is 4.88. The highest BCUT2D eigenvalue weighted by molar-refractivity contribution is 6.30. The molecular formula is C13H14ClF3N2. The number of hydrogen-bond acceptors (Lipinski definition) is 1. The highest BCUT2D eigenvalue weighted by Crippen LogP contribution is 2.30. The molecule has 1 aromatic carbocycles. The Bertz CT molecular complexity index is 530. The summed E-state index contributed by atoms with van der Waals surface area (Å²) in [6.07, 6.45) is -2.78. The molecule has 0 atom stereocenters. The van der Waals surface area contributed by atoms with Gasteiger partial charge in [-0.3, -0.25) is 0 Å². The van der Waals surface area contributed by atoms with Gasteiger partial charge in [0.05, 0.1) is 17.4 Å². The number of aryl methyl sites for hydroxylation is 1. The lowest BCUT2D eigenvalue weighted by Crippen LogP contribution is -2.05. The molecule has 0 amide bonds. The van der Waals surface area contributed by atoms with Crippen molar-refractivity contribution < 1.29 is 13.2 Å². The smallest absolute Gasteiger partial charge is 0.222 e. The number of nitrogens with zero attached hydrogens (tertiary/aromatic N) is 2. The summed E-state index contributed by atoms with van der Waals surface area (Å²) in [5.74, 6) is 0. The lowest BCUT2D eigenvalue weighted by Gasteiger charge is -2.08. The van der Waals surface area contributed by atoms with E-state index in [9.17, 15) is 13.2 Å². The van der Waals surface area contributed by atoms with Crippen molar-refractivity contribution in [1.29, 1.82) is 0 Å². The van der Waals surface area contributed by atoms with Crippen LogP contribution in [-0.2, 0) is 6.18 Å². The van der Waals surface area contributed by atoms with Crippen molar-refractivity contribution in [2.24, 2.45) is 0 Å². The third-order valence-corrected chi connectivity index (χ3v) is 2.78. The molecule has 0 saturated carbocycles. The van der Waals surface area contributed by atoms with Gasteiger partial charge in [0.15, 0.2) is 0 Å². The number of halogens is 4. The zero-order chi connectivity index (χ0) is 14.6. The first kappa shape index (κ1) is 15.6. The van der Waals surface area contributed by atoms with E-state index in [4.69, 9.17) is 11.6 Å². The van der Waals surface area contributed by atoms with E-state index in [2.05, 4.69) is 5.10 Å². The second-order valence-electron chi connectivity index (χ2n) is 3.57. The Hall–Kier alpha value is -1.49. The fourth-order valence-corrected chi connectivity index (χ4v) is 1.58. The second-order valence-corrected chi connectivity index (χ2v) is 3.93. The highest BCUT2D eigenvalue weighted by Gasteiger charge is 2.30. The van der Waals surface area contributed by atoms with Gasteiger partial charge in [-0.1, -0.05) is 25.4 Å². The van der Waals surface area contributed by atoms with Crippen molar-refractivity contribution in [2.75, 3.05) is 0 Å². The van der Waals surface area contributed by atoms with Gasteiger partial charge in [0, 0.05) is 5.56 Å². The van der Waals surface area contributed by atoms with Crippen molar-refractivity contribution in [3.05, 3.63) is 46.7 Å². The van der Waals surface area contributed by atoms with Crippen LogP contribution in [0.15, 0.2) is 30.5 Å². The maximum absolute atomic E-state index is 12.4. The molecule has 0 spiro atoms. The molecule has 2 nitrogen and oxygen atoms in total. The van der Waals surface area contributed by atoms with Gasteiger partial charge in [-0.15, -0.1) is 0 Å². The third kappa shape index (κ3) is 3.50. The molecule has 0 unspecified atom stereocenters. The molecule has 104 valence electrons. The Kier molecular flexibility index (Phi) is 5.00. The molecule has 0 N–H and O–H groups in total. The zero-order valence-electron chi connectivity index (χ0n) is 10.8. The van der Waals surface area contributed by atoms with Gasteiger partial charge in [0.1, 0.15) is 5.15 Å². The van der Waals surface area contributed by atoms with Crippen LogP contribution < -0.4 is 0 Å². The largest absolute Gasteiger partial charge is 0.416 e. The van der Waals surface area contributed by atoms with Crippen LogP contribution in [0, 0.1) is 6.92 Å². The first-order chi connectivity index (χ1) is 8.89. The van der Waals surface area contributed by atoms with Crippen LogP contribution in [0.5, 0.6) is 0 Å². The van der Waals surface area contributed by atoms with Gasteiger partial charge in [0.25, 0.3) is 0 Å². The molecule has 0 saturated heterocycles. The van der Waals surface area contributed by atoms with E-state index in [1.165, 1.54) is 16.8 Å². The van der Waals surface area contributed by atoms with Crippen molar-refractivity contribution in [3.8, 4) is 5.69 Å². The Labute approximate surface area is 114 Å². The molecule has 2 aromatic rings. The Morgan fingerprint density at radius 3 is 2.00 bits per heavy atom. The molecule has 0 aliphatic rings. The monoisotopic (exact) mass is 290 g/mol. The molecule has 6 heteroatoms. The second kappa shape index (κ2) is 6.10. The summed E-state index contributed by atoms with van der Waals surface area (Å²) < 4.78 is 38.5. The lowest BCUT2D eigenvalue weighted by molar-refractivity contribution is -0.137. The Morgan fingerprint density at radius 1 is 1.11 bits per heavy atom. The quantitative estimate of drug-likeness (QED) is 0.732. The summed E-state index contributed by atoms with van der Waals surface area (Å²) in [6.45, 7) is 5.77. The number of hydrogen-bond donors (Lipinski definition) is 0. The van der Waals surface area contributed by atoms with Crippen LogP contribution in [0.4, 0.5) is 13.2 Å². The number of rotatable bonds is 1. The SMILES string of the molecule is CC.Cc1cnn(-c2ccc(C(F)(F)F)cc2)c1Cl. The number of aromatic nitrogens is 2. The number of benzene rings is 1. The zero-order valence-corrected chi connectivity index (χ0v) is 11.5. The fourth-order valence-electron chi connectivity index (χ4n) is 1.39. The van der Waals surface area contributed by atoms with Crippen LogP contribution >= 0.6 is 11.6 Å². The van der Waals surface area contributed by atoms with Crippen LogP contribution in [0.2, 0.25) is 5.15 Å². The molecule has 0 radical (unpaired) electrons. The van der Waals surface area contributed by atoms with Gasteiger partial charge in [-0.05, 0) is 31.2 Å². The van der Waals surface area contributed by atoms with E-state index >= 15 is 0 Å². The van der Waals surface area contributed by atoms with Gasteiger partial charge in [0.2, 0.25) is 0 Å². The average molecular weight is 291 g/mol. The summed E-state index contributed by atoms with van der Waals surface area (Å²) >= 11 is 5.95. The van der Waals surface area contributed by atoms with Gasteiger partial charge < -0.3 is 0 Å². The molecule has 1 aromatic heterocycles. The van der Waals surface area contributed by atoms with Crippen molar-refractivity contribution in [2.45, 2.75) is 26.9 Å². The van der Waals surface area contributed by atoms with E-state index in [1.807, 2.05) is 13.8 Å². The van der Waals surface area contributed by atoms with E-state index in [1.54, 1.807) is 13.1 Å². The van der Waals surface area contributed by atoms with Crippen LogP contribution in [0.3, 0.4) is 0 Å². The standard InChI is InChI=1S/C11H8ClF3N2.C2H6/c1-7-6-16-17(10(7)12)9-4-2-8(3-5-9)11(13,14)15;1-2/h2-6H,1H3;1-2H3. The van der Waals surface area contributed by atoms with Gasteiger partial charge in [-0.2, -0.15) is 18.3 Å². The third-order valence-electron chi connectivity index (χ3n) is 2.32. The van der Waals surface area contributed by atoms with Gasteiger partial charge >= 0.3 is 6.18 Å². The Balaban J connectivity index is 0.000000861. The van der Waals surface area contributed by atoms with Gasteiger partial charge in [-0.25, -0.2) is 4.68 Å². The lowest BCUT2D eigenvalue weighted by atomic mass is 10.2. The summed E-state index contributed by atoms with van der Waals surface area (Å²) in [7, 11) is 0. The molecule has 0 fully saturated rings. The first-order valence-corrected chi connectivity index (χ1v) is 6.15. The van der Waals surface area contributed by atoms with Crippen molar-refractivity contribution >= 4 is 11.6 Å². The molecule has 1 heterocycles. The van der Waals surface area contributed by atoms with E-state index in [0.29, 0.717) is 10.8 Å². The molecule has 0 aliphatic carbocycles. The topological polar surface area (TPSA) is 17.8 Å². The van der Waals surface area contributed by atoms with Crippen molar-refractivity contribution in [1.82, 2.24) is 9.78 Å². The molecule has 0 aliphatic heterocycles. The maximum atomic E-state index is 12.4. The van der Waals surface area contributed by atoms with Crippen LogP contribution in [-0.4, -0.2) is 9.78 Å². The van der Waals surface area contributed by atoms with E-state index in [-0.39, 0.29) is 0 Å². The molecule has 2 rings (SSSR count). The summed E-state index contributed by atoms with van der Waals surface area (Å²) in [5, 5.41) is 4.37. The first-order valence-electron chi connectivity index (χ1n) is 5.77. The number of alkyl halides is 3. The maximum Gasteiger partial charge on any atom is 0.416 e. The predicted molar refractivity (Wildman–Crippen MR) is 69.7 cm³/mol. The summed E-state index contributed by atoms with van der Waals surface area (Å²) in [4.78, 5) is 0. The van der Waals surface area contributed by atoms with Crippen LogP contribution in [0.1, 0.15) is 25.0 Å².